The molecular formula is C57H52O16. The third-order valence-corrected chi connectivity index (χ3v) is 12.1. The van der Waals surface area contributed by atoms with E-state index in [0.29, 0.717) is 5.75 Å². The molecule has 0 amide bonds. The Morgan fingerprint density at radius 1 is 0.534 bits per heavy atom. The maximum atomic E-state index is 14.4. The Morgan fingerprint density at radius 2 is 1.01 bits per heavy atom. The van der Waals surface area contributed by atoms with E-state index >= 15 is 0 Å². The maximum Gasteiger partial charge on any atom is 0.338 e. The fourth-order valence-corrected chi connectivity index (χ4v) is 8.52. The summed E-state index contributed by atoms with van der Waals surface area (Å²) in [5.74, 6) is -2.40. The second-order valence-electron chi connectivity index (χ2n) is 16.9. The summed E-state index contributed by atoms with van der Waals surface area (Å²) in [6.07, 6.45) is -13.3. The van der Waals surface area contributed by atoms with E-state index < -0.39 is 98.2 Å². The average Bonchev–Trinajstić information content (AvgIpc) is 3.44. The van der Waals surface area contributed by atoms with Crippen molar-refractivity contribution in [1.29, 1.82) is 0 Å². The van der Waals surface area contributed by atoms with Gasteiger partial charge in [0, 0.05) is 5.56 Å². The minimum Gasteiger partial charge on any atom is -0.497 e. The molecule has 0 saturated carbocycles. The Balaban J connectivity index is 1.16. The molecular weight excluding hydrogens is 941 g/mol. The van der Waals surface area contributed by atoms with E-state index in [-0.39, 0.29) is 41.2 Å². The van der Waals surface area contributed by atoms with E-state index in [1.54, 1.807) is 146 Å². The van der Waals surface area contributed by atoms with Crippen LogP contribution in [0.4, 0.5) is 0 Å². The zero-order valence-corrected chi connectivity index (χ0v) is 39.5. The zero-order valence-electron chi connectivity index (χ0n) is 39.5. The fraction of sp³-hybridized carbons (Fsp3) is 0.263. The minimum atomic E-state index is -1.64. The lowest BCUT2D eigenvalue weighted by molar-refractivity contribution is -0.384. The van der Waals surface area contributed by atoms with Crippen LogP contribution in [0.15, 0.2) is 189 Å². The van der Waals surface area contributed by atoms with Crippen LogP contribution in [0.25, 0.3) is 0 Å². The van der Waals surface area contributed by atoms with Crippen LogP contribution in [0.1, 0.15) is 53.3 Å². The van der Waals surface area contributed by atoms with Crippen molar-refractivity contribution in [3.63, 3.8) is 0 Å². The largest absolute Gasteiger partial charge is 0.497 e. The van der Waals surface area contributed by atoms with Crippen LogP contribution in [0.2, 0.25) is 0 Å². The molecule has 0 bridgehead atoms. The van der Waals surface area contributed by atoms with E-state index in [1.807, 2.05) is 30.3 Å². The van der Waals surface area contributed by atoms with Gasteiger partial charge in [0.2, 0.25) is 6.29 Å². The van der Waals surface area contributed by atoms with E-state index in [4.69, 9.17) is 56.8 Å². The standard InChI is InChI=1S/C57H52O16/c1-3-33-63-47-45-44(35-65-55(72-45)40-27-17-8-18-28-40)68-57(49(47)70-53(60)38-23-13-6-14-24-38)73-48-46(69-52(59)37-21-11-5-12-22-37)43(34-64-51(58)36-19-9-4-10-20-36)67-56(66-42-31-29-41(62-2)30-32-42)50(48)71-54(61)39-25-15-7-16-26-39/h3-32,43-50,55-57H,1,33-35H2,2H3/t43-,44-,45+,46-,47+,48+,49-,50-,55?,56-,57-/m1/s1. The van der Waals surface area contributed by atoms with Crippen LogP contribution in [0.5, 0.6) is 11.5 Å². The van der Waals surface area contributed by atoms with Gasteiger partial charge in [0.15, 0.2) is 30.9 Å². The molecule has 16 nitrogen and oxygen atoms in total. The van der Waals surface area contributed by atoms with Crippen LogP contribution in [0.3, 0.4) is 0 Å². The molecule has 9 rings (SSSR count). The molecule has 3 heterocycles. The quantitative estimate of drug-likeness (QED) is 0.0457. The van der Waals surface area contributed by atoms with E-state index in [1.165, 1.54) is 13.2 Å². The summed E-state index contributed by atoms with van der Waals surface area (Å²) in [6, 6.07) is 48.6. The summed E-state index contributed by atoms with van der Waals surface area (Å²) in [6.45, 7) is 3.24. The number of hydrogen-bond acceptors (Lipinski definition) is 16. The van der Waals surface area contributed by atoms with E-state index in [9.17, 15) is 19.2 Å². The van der Waals surface area contributed by atoms with Gasteiger partial charge >= 0.3 is 23.9 Å². The molecule has 16 heteroatoms. The molecule has 376 valence electrons. The number of methoxy groups -OCH3 is 1. The lowest BCUT2D eigenvalue weighted by Crippen LogP contribution is -2.68. The number of esters is 4. The van der Waals surface area contributed by atoms with Gasteiger partial charge in [-0.3, -0.25) is 0 Å². The number of hydrogen-bond donors (Lipinski definition) is 0. The highest BCUT2D eigenvalue weighted by molar-refractivity contribution is 5.91. The van der Waals surface area contributed by atoms with Crippen molar-refractivity contribution in [2.24, 2.45) is 0 Å². The first-order valence-electron chi connectivity index (χ1n) is 23.6. The molecule has 1 unspecified atom stereocenters. The Labute approximate surface area is 421 Å². The predicted octanol–water partition coefficient (Wildman–Crippen LogP) is 8.13. The van der Waals surface area contributed by atoms with Crippen molar-refractivity contribution >= 4 is 23.9 Å². The van der Waals surface area contributed by atoms with Crippen molar-refractivity contribution in [2.75, 3.05) is 26.9 Å². The SMILES string of the molecule is C=CCO[C@H]1[C@H]2OC(c3ccccc3)OC[C@H]2O[C@H](O[C@@H]2[C@@H](OC(=O)c3ccccc3)[C@H](Oc3ccc(OC)cc3)O[C@H](COC(=O)c3ccccc3)[C@H]2OC(=O)c2ccccc2)[C@@H]1OC(=O)c1ccccc1. The number of fused-ring (bicyclic) bond motifs is 1. The lowest BCUT2D eigenvalue weighted by atomic mass is 9.95. The van der Waals surface area contributed by atoms with Crippen molar-refractivity contribution < 1.29 is 76.0 Å². The van der Waals surface area contributed by atoms with Crippen molar-refractivity contribution in [1.82, 2.24) is 0 Å². The van der Waals surface area contributed by atoms with Gasteiger partial charge in [-0.2, -0.15) is 0 Å². The summed E-state index contributed by atoms with van der Waals surface area (Å²) < 4.78 is 76.7. The molecule has 73 heavy (non-hydrogen) atoms. The van der Waals surface area contributed by atoms with Gasteiger partial charge in [0.25, 0.3) is 0 Å². The third-order valence-electron chi connectivity index (χ3n) is 12.1. The van der Waals surface area contributed by atoms with Gasteiger partial charge in [-0.15, -0.1) is 6.58 Å². The van der Waals surface area contributed by atoms with Gasteiger partial charge in [0.05, 0.1) is 42.6 Å². The monoisotopic (exact) mass is 992 g/mol. The summed E-state index contributed by atoms with van der Waals surface area (Å²) >= 11 is 0. The molecule has 3 fully saturated rings. The van der Waals surface area contributed by atoms with Crippen molar-refractivity contribution in [3.8, 4) is 11.5 Å². The predicted molar refractivity (Wildman–Crippen MR) is 259 cm³/mol. The van der Waals surface area contributed by atoms with Gasteiger partial charge in [-0.25, -0.2) is 19.2 Å². The number of rotatable bonds is 18. The molecule has 3 aliphatic heterocycles. The summed E-state index contributed by atoms with van der Waals surface area (Å²) in [7, 11) is 1.51. The number of carbonyl (C=O) groups excluding carboxylic acids is 4. The third kappa shape index (κ3) is 12.3. The van der Waals surface area contributed by atoms with Gasteiger partial charge < -0.3 is 56.8 Å². The normalized spacial score (nSPS) is 25.4. The molecule has 3 saturated heterocycles. The summed E-state index contributed by atoms with van der Waals surface area (Å²) in [5, 5.41) is 0. The molecule has 0 aromatic heterocycles. The van der Waals surface area contributed by atoms with Gasteiger partial charge in [0.1, 0.15) is 48.6 Å². The molecule has 0 radical (unpaired) electrons. The number of carbonyl (C=O) groups is 4. The van der Waals surface area contributed by atoms with Crippen LogP contribution < -0.4 is 9.47 Å². The smallest absolute Gasteiger partial charge is 0.338 e. The van der Waals surface area contributed by atoms with E-state index in [2.05, 4.69) is 6.58 Å². The van der Waals surface area contributed by atoms with Crippen LogP contribution in [0, 0.1) is 0 Å². The fourth-order valence-electron chi connectivity index (χ4n) is 8.52. The number of ether oxygens (including phenoxy) is 12. The van der Waals surface area contributed by atoms with Crippen LogP contribution in [-0.2, 0) is 47.4 Å². The Kier molecular flexibility index (Phi) is 16.6. The number of benzene rings is 6. The molecule has 0 N–H and O–H groups in total. The molecule has 0 aliphatic carbocycles. The van der Waals surface area contributed by atoms with E-state index in [0.717, 1.165) is 5.56 Å². The first-order chi connectivity index (χ1) is 35.8. The zero-order chi connectivity index (χ0) is 50.5. The molecule has 11 atom stereocenters. The van der Waals surface area contributed by atoms with Crippen molar-refractivity contribution in [3.05, 3.63) is 216 Å². The van der Waals surface area contributed by atoms with Gasteiger partial charge in [-0.1, -0.05) is 109 Å². The summed E-state index contributed by atoms with van der Waals surface area (Å²) in [4.78, 5) is 56.6. The molecule has 6 aromatic rings. The van der Waals surface area contributed by atoms with Crippen LogP contribution >= 0.6 is 0 Å². The highest BCUT2D eigenvalue weighted by Gasteiger charge is 2.58. The van der Waals surface area contributed by atoms with Crippen molar-refractivity contribution in [2.45, 2.75) is 67.7 Å². The first kappa shape index (κ1) is 50.2. The molecule has 0 spiro atoms. The highest BCUT2D eigenvalue weighted by Crippen LogP contribution is 2.40. The second kappa shape index (κ2) is 24.1. The first-order valence-corrected chi connectivity index (χ1v) is 23.6. The highest BCUT2D eigenvalue weighted by atomic mass is 16.8. The molecule has 3 aliphatic rings. The lowest BCUT2D eigenvalue weighted by Gasteiger charge is -2.51. The summed E-state index contributed by atoms with van der Waals surface area (Å²) in [5.41, 5.74) is 1.44. The Hall–Kier alpha value is -7.70. The average molecular weight is 993 g/mol. The topological polar surface area (TPSA) is 179 Å². The Morgan fingerprint density at radius 3 is 1.53 bits per heavy atom. The maximum absolute atomic E-state index is 14.4. The van der Waals surface area contributed by atoms with Crippen LogP contribution in [-0.4, -0.2) is 112 Å². The van der Waals surface area contributed by atoms with Gasteiger partial charge in [-0.05, 0) is 72.8 Å². The Bertz CT molecular complexity index is 2750. The minimum absolute atomic E-state index is 0.0290. The molecule has 6 aromatic carbocycles. The second-order valence-corrected chi connectivity index (χ2v) is 16.9.